The molecule has 0 fully saturated rings. The van der Waals surface area contributed by atoms with Gasteiger partial charge in [-0.1, -0.05) is 265 Å². The molecule has 3 atom stereocenters. The summed E-state index contributed by atoms with van der Waals surface area (Å²) in [6, 6.07) is -0.879. The van der Waals surface area contributed by atoms with Crippen LogP contribution in [0.4, 0.5) is 0 Å². The fourth-order valence-corrected chi connectivity index (χ4v) is 9.27. The Labute approximate surface area is 474 Å². The van der Waals surface area contributed by atoms with Crippen LogP contribution < -0.4 is 5.32 Å². The van der Waals surface area contributed by atoms with Gasteiger partial charge in [0.05, 0.1) is 33.8 Å². The van der Waals surface area contributed by atoms with E-state index in [0.29, 0.717) is 17.4 Å². The molecule has 0 aromatic carbocycles. The number of nitrogens with zero attached hydrogens (tertiary/aromatic N) is 1. The highest BCUT2D eigenvalue weighted by Gasteiger charge is 2.30. The predicted octanol–water partition coefficient (Wildman–Crippen LogP) is 19.3. The monoisotopic (exact) mass is 1090 g/mol. The molecule has 10 heteroatoms. The van der Waals surface area contributed by atoms with Crippen LogP contribution in [0.3, 0.4) is 0 Å². The third-order valence-corrected chi connectivity index (χ3v) is 14.3. The molecule has 0 aliphatic carbocycles. The van der Waals surface area contributed by atoms with Crippen LogP contribution in [-0.4, -0.2) is 74.3 Å². The van der Waals surface area contributed by atoms with Gasteiger partial charge in [0.25, 0.3) is 0 Å². The van der Waals surface area contributed by atoms with E-state index in [0.717, 1.165) is 70.6 Å². The lowest BCUT2D eigenvalue weighted by atomic mass is 10.0. The van der Waals surface area contributed by atoms with Crippen molar-refractivity contribution < 1.29 is 37.3 Å². The number of rotatable bonds is 55. The first-order valence-electron chi connectivity index (χ1n) is 31.3. The summed E-state index contributed by atoms with van der Waals surface area (Å²) in [4.78, 5) is 37.7. The average Bonchev–Trinajstić information content (AvgIpc) is 3.39. The number of allylic oxidation sites excluding steroid dienone is 17. The van der Waals surface area contributed by atoms with Crippen LogP contribution in [0.25, 0.3) is 0 Å². The standard InChI is InChI=1S/C67H117N2O7P/c1-7-10-13-16-19-22-25-28-30-32-33-34-35-37-39-42-45-48-51-54-57-60-67(71)76-65(58-55-52-49-46-43-40-27-24-21-18-15-12-9-3)64(63-75-77(72,73)74-62-61-69(4,5)6)68-66(70)59-56-53-50-47-44-41-38-36-31-29-26-23-20-17-14-11-8-2/h11,14,17,19-20,22-23,26,28-31,36,38,41,44,55,58,64-65H,7-10,12-13,15-16,18,21,24-25,27,32-35,37,39-40,42-43,45-54,56-57,59-63H2,1-6H3,(H-,68,70,72,73)/p+1/b14-11-,20-17+,22-19-,26-23+,30-28-,31-29-,38-36+,44-41+,58-55+. The van der Waals surface area contributed by atoms with E-state index in [2.05, 4.69) is 62.5 Å². The number of amides is 1. The Hall–Kier alpha value is -3.33. The van der Waals surface area contributed by atoms with Gasteiger partial charge in [0.15, 0.2) is 0 Å². The zero-order valence-corrected chi connectivity index (χ0v) is 51.3. The van der Waals surface area contributed by atoms with Gasteiger partial charge in [-0.15, -0.1) is 0 Å². The quantitative estimate of drug-likeness (QED) is 0.0156. The van der Waals surface area contributed by atoms with Crippen molar-refractivity contribution in [3.63, 3.8) is 0 Å². The van der Waals surface area contributed by atoms with E-state index in [-0.39, 0.29) is 37.9 Å². The SMILES string of the molecule is CC\C=C/C=C/C=C/C=C\C=C\C=C\CCCCCC(=O)NC(COP(=O)(O)OCC[N+](C)(C)C)C(/C=C/CCCCCCCCCCCCC)OC(=O)CCCCCCCCCCCCC/C=C\C/C=C\CCCCC. The Morgan fingerprint density at radius 2 is 0.883 bits per heavy atom. The molecule has 0 rings (SSSR count). The van der Waals surface area contributed by atoms with Crippen LogP contribution >= 0.6 is 7.82 Å². The van der Waals surface area contributed by atoms with E-state index in [1.54, 1.807) is 0 Å². The zero-order chi connectivity index (χ0) is 56.4. The Bertz CT molecular complexity index is 1690. The molecule has 0 aliphatic heterocycles. The number of phosphoric ester groups is 1. The first-order valence-corrected chi connectivity index (χ1v) is 32.8. The normalized spacial score (nSPS) is 14.4. The van der Waals surface area contributed by atoms with Crippen molar-refractivity contribution in [1.82, 2.24) is 5.32 Å². The van der Waals surface area contributed by atoms with Gasteiger partial charge < -0.3 is 19.4 Å². The fraction of sp³-hybridized carbons (Fsp3) is 0.701. The number of carbonyl (C=O) groups excluding carboxylic acids is 2. The Kier molecular flexibility index (Phi) is 53.5. The van der Waals surface area contributed by atoms with Crippen molar-refractivity contribution in [3.05, 3.63) is 109 Å². The van der Waals surface area contributed by atoms with E-state index in [4.69, 9.17) is 13.8 Å². The number of nitrogens with one attached hydrogen (secondary N) is 1. The van der Waals surface area contributed by atoms with Crippen LogP contribution in [0.5, 0.6) is 0 Å². The number of carbonyl (C=O) groups is 2. The first kappa shape index (κ1) is 73.7. The summed E-state index contributed by atoms with van der Waals surface area (Å²) in [5, 5.41) is 3.03. The highest BCUT2D eigenvalue weighted by molar-refractivity contribution is 7.47. The van der Waals surface area contributed by atoms with Crippen LogP contribution in [0.15, 0.2) is 109 Å². The van der Waals surface area contributed by atoms with Crippen molar-refractivity contribution in [2.45, 2.75) is 264 Å². The minimum Gasteiger partial charge on any atom is -0.456 e. The zero-order valence-electron chi connectivity index (χ0n) is 50.4. The number of quaternary nitrogens is 1. The van der Waals surface area contributed by atoms with Gasteiger partial charge >= 0.3 is 13.8 Å². The Balaban J connectivity index is 5.34. The average molecular weight is 1090 g/mol. The molecular formula is C67H118N2O7P+. The summed E-state index contributed by atoms with van der Waals surface area (Å²) in [7, 11) is 1.45. The van der Waals surface area contributed by atoms with Crippen molar-refractivity contribution in [2.24, 2.45) is 0 Å². The molecule has 0 heterocycles. The molecule has 0 radical (unpaired) electrons. The van der Waals surface area contributed by atoms with Gasteiger partial charge in [0.2, 0.25) is 5.91 Å². The van der Waals surface area contributed by atoms with Crippen LogP contribution in [0.2, 0.25) is 0 Å². The van der Waals surface area contributed by atoms with E-state index in [1.807, 2.05) is 94.1 Å². The highest BCUT2D eigenvalue weighted by Crippen LogP contribution is 2.43. The van der Waals surface area contributed by atoms with Gasteiger partial charge in [-0.05, 0) is 83.1 Å². The number of hydrogen-bond donors (Lipinski definition) is 2. The lowest BCUT2D eigenvalue weighted by Gasteiger charge is -2.27. The second-order valence-corrected chi connectivity index (χ2v) is 23.5. The third-order valence-electron chi connectivity index (χ3n) is 13.4. The second-order valence-electron chi connectivity index (χ2n) is 22.0. The summed E-state index contributed by atoms with van der Waals surface area (Å²) in [6.45, 7) is 6.80. The van der Waals surface area contributed by atoms with Gasteiger partial charge in [0, 0.05) is 12.8 Å². The van der Waals surface area contributed by atoms with Gasteiger partial charge in [-0.25, -0.2) is 4.57 Å². The molecular weight excluding hydrogens is 976 g/mol. The number of unbranched alkanes of at least 4 members (excludes halogenated alkanes) is 28. The molecule has 9 nitrogen and oxygen atoms in total. The molecule has 0 aromatic rings. The molecule has 0 saturated heterocycles. The summed E-state index contributed by atoms with van der Waals surface area (Å²) in [5.74, 6) is -0.562. The molecule has 0 spiro atoms. The maximum Gasteiger partial charge on any atom is 0.472 e. The maximum absolute atomic E-state index is 13.5. The lowest BCUT2D eigenvalue weighted by molar-refractivity contribution is -0.870. The highest BCUT2D eigenvalue weighted by atomic mass is 31.2. The van der Waals surface area contributed by atoms with Gasteiger partial charge in [0.1, 0.15) is 19.3 Å². The van der Waals surface area contributed by atoms with Crippen molar-refractivity contribution >= 4 is 19.7 Å². The number of hydrogen-bond acceptors (Lipinski definition) is 6. The number of esters is 1. The first-order chi connectivity index (χ1) is 37.4. The summed E-state index contributed by atoms with van der Waals surface area (Å²) < 4.78 is 30.7. The smallest absolute Gasteiger partial charge is 0.456 e. The minimum atomic E-state index is -4.47. The topological polar surface area (TPSA) is 111 Å². The molecule has 77 heavy (non-hydrogen) atoms. The molecule has 442 valence electrons. The Morgan fingerprint density at radius 1 is 0.481 bits per heavy atom. The second kappa shape index (κ2) is 56.0. The summed E-state index contributed by atoms with van der Waals surface area (Å²) in [6.07, 6.45) is 76.6. The number of ether oxygens (including phenoxy) is 1. The Morgan fingerprint density at radius 3 is 1.39 bits per heavy atom. The third kappa shape index (κ3) is 57.2. The van der Waals surface area contributed by atoms with Crippen LogP contribution in [-0.2, 0) is 27.9 Å². The van der Waals surface area contributed by atoms with Gasteiger partial charge in [-0.2, -0.15) is 0 Å². The maximum atomic E-state index is 13.5. The van der Waals surface area contributed by atoms with Crippen molar-refractivity contribution in [1.29, 1.82) is 0 Å². The number of phosphoric acid groups is 1. The van der Waals surface area contributed by atoms with Crippen LogP contribution in [0.1, 0.15) is 252 Å². The molecule has 0 aromatic heterocycles. The molecule has 0 aliphatic rings. The van der Waals surface area contributed by atoms with Crippen molar-refractivity contribution in [2.75, 3.05) is 40.9 Å². The molecule has 3 unspecified atom stereocenters. The van der Waals surface area contributed by atoms with Crippen LogP contribution in [0, 0.1) is 0 Å². The van der Waals surface area contributed by atoms with E-state index < -0.39 is 20.0 Å². The molecule has 2 N–H and O–H groups in total. The lowest BCUT2D eigenvalue weighted by Crippen LogP contribution is -2.47. The summed E-state index contributed by atoms with van der Waals surface area (Å²) in [5.41, 5.74) is 0. The van der Waals surface area contributed by atoms with Gasteiger partial charge in [-0.3, -0.25) is 18.6 Å². The fourth-order valence-electron chi connectivity index (χ4n) is 8.53. The largest absolute Gasteiger partial charge is 0.472 e. The molecule has 0 bridgehead atoms. The number of likely N-dealkylation sites (N-methyl/N-ethyl adjacent to an activating group) is 1. The predicted molar refractivity (Wildman–Crippen MR) is 332 cm³/mol. The molecule has 0 saturated carbocycles. The van der Waals surface area contributed by atoms with E-state index >= 15 is 0 Å². The minimum absolute atomic E-state index is 0.0254. The summed E-state index contributed by atoms with van der Waals surface area (Å²) >= 11 is 0. The van der Waals surface area contributed by atoms with E-state index in [1.165, 1.54) is 141 Å². The van der Waals surface area contributed by atoms with E-state index in [9.17, 15) is 19.0 Å². The molecule has 1 amide bonds. The van der Waals surface area contributed by atoms with Crippen molar-refractivity contribution in [3.8, 4) is 0 Å².